The van der Waals surface area contributed by atoms with Gasteiger partial charge in [0.15, 0.2) is 0 Å². The molecule has 1 saturated heterocycles. The Morgan fingerprint density at radius 1 is 1.07 bits per heavy atom. The molecule has 0 radical (unpaired) electrons. The van der Waals surface area contributed by atoms with Crippen LogP contribution in [0.1, 0.15) is 17.7 Å². The van der Waals surface area contributed by atoms with Crippen molar-refractivity contribution in [1.29, 1.82) is 0 Å². The van der Waals surface area contributed by atoms with E-state index in [4.69, 9.17) is 0 Å². The number of fused-ring (bicyclic) bond motifs is 1. The van der Waals surface area contributed by atoms with Crippen molar-refractivity contribution in [2.45, 2.75) is 19.1 Å². The Bertz CT molecular complexity index is 1100. The van der Waals surface area contributed by atoms with Crippen molar-refractivity contribution in [2.24, 2.45) is 0 Å². The highest BCUT2D eigenvalue weighted by molar-refractivity contribution is 9.10. The molecule has 0 spiro atoms. The van der Waals surface area contributed by atoms with Crippen LogP contribution >= 0.6 is 15.9 Å². The molecule has 1 fully saturated rings. The van der Waals surface area contributed by atoms with Gasteiger partial charge >= 0.3 is 6.18 Å². The van der Waals surface area contributed by atoms with Gasteiger partial charge in [0.05, 0.1) is 11.3 Å². The smallest absolute Gasteiger partial charge is 0.355 e. The zero-order valence-electron chi connectivity index (χ0n) is 15.9. The van der Waals surface area contributed by atoms with Gasteiger partial charge in [0, 0.05) is 55.7 Å². The minimum Gasteiger partial charge on any atom is -0.355 e. The normalized spacial score (nSPS) is 16.1. The third kappa shape index (κ3) is 4.65. The first-order valence-corrected chi connectivity index (χ1v) is 10.3. The maximum atomic E-state index is 12.7. The quantitative estimate of drug-likeness (QED) is 0.572. The average molecular weight is 482 g/mol. The molecule has 0 saturated carbocycles. The fourth-order valence-electron chi connectivity index (χ4n) is 3.54. The molecule has 0 aliphatic carbocycles. The minimum absolute atomic E-state index is 0.137. The van der Waals surface area contributed by atoms with Crippen molar-refractivity contribution < 1.29 is 13.2 Å². The third-order valence-corrected chi connectivity index (χ3v) is 5.52. The van der Waals surface area contributed by atoms with Crippen LogP contribution in [0.4, 0.5) is 19.0 Å². The molecule has 0 aromatic carbocycles. The lowest BCUT2D eigenvalue weighted by molar-refractivity contribution is -0.137. The summed E-state index contributed by atoms with van der Waals surface area (Å²) in [6.45, 7) is 3.38. The molecule has 30 heavy (non-hydrogen) atoms. The van der Waals surface area contributed by atoms with Gasteiger partial charge in [0.25, 0.3) is 5.56 Å². The number of hydrogen-bond acceptors (Lipinski definition) is 5. The fourth-order valence-corrected chi connectivity index (χ4v) is 3.87. The Labute approximate surface area is 179 Å². The van der Waals surface area contributed by atoms with Gasteiger partial charge in [-0.1, -0.05) is 0 Å². The first-order chi connectivity index (χ1) is 14.3. The van der Waals surface area contributed by atoms with Crippen LogP contribution in [-0.4, -0.2) is 45.4 Å². The minimum atomic E-state index is -4.39. The van der Waals surface area contributed by atoms with Crippen molar-refractivity contribution in [3.05, 3.63) is 68.8 Å². The molecule has 4 rings (SSSR count). The van der Waals surface area contributed by atoms with Gasteiger partial charge in [-0.2, -0.15) is 13.2 Å². The van der Waals surface area contributed by atoms with Gasteiger partial charge in [-0.3, -0.25) is 14.1 Å². The van der Waals surface area contributed by atoms with Crippen molar-refractivity contribution in [3.63, 3.8) is 0 Å². The van der Waals surface area contributed by atoms with Crippen LogP contribution in [0.2, 0.25) is 0 Å². The molecule has 10 heteroatoms. The molecule has 3 aromatic heterocycles. The van der Waals surface area contributed by atoms with E-state index >= 15 is 0 Å². The van der Waals surface area contributed by atoms with E-state index in [1.165, 1.54) is 10.5 Å². The van der Waals surface area contributed by atoms with E-state index in [0.717, 1.165) is 29.7 Å². The second-order valence-electron chi connectivity index (χ2n) is 7.18. The predicted molar refractivity (Wildman–Crippen MR) is 111 cm³/mol. The lowest BCUT2D eigenvalue weighted by atomic mass is 10.2. The maximum absolute atomic E-state index is 12.7. The highest BCUT2D eigenvalue weighted by Gasteiger charge is 2.31. The summed E-state index contributed by atoms with van der Waals surface area (Å²) < 4.78 is 40.5. The van der Waals surface area contributed by atoms with Gasteiger partial charge in [-0.05, 0) is 46.6 Å². The molecular weight excluding hydrogens is 463 g/mol. The predicted octanol–water partition coefficient (Wildman–Crippen LogP) is 3.58. The average Bonchev–Trinajstić information content (AvgIpc) is 2.94. The highest BCUT2D eigenvalue weighted by atomic mass is 79.9. The zero-order chi connectivity index (χ0) is 21.3. The molecule has 0 unspecified atom stereocenters. The lowest BCUT2D eigenvalue weighted by Gasteiger charge is -2.23. The van der Waals surface area contributed by atoms with Crippen molar-refractivity contribution in [1.82, 2.24) is 19.3 Å². The second-order valence-corrected chi connectivity index (χ2v) is 8.10. The summed E-state index contributed by atoms with van der Waals surface area (Å²) in [5.74, 6) is 0.539. The van der Waals surface area contributed by atoms with E-state index in [0.29, 0.717) is 43.3 Å². The lowest BCUT2D eigenvalue weighted by Crippen LogP contribution is -2.31. The summed E-state index contributed by atoms with van der Waals surface area (Å²) in [5.41, 5.74) is 0.402. The molecule has 0 N–H and O–H groups in total. The summed E-state index contributed by atoms with van der Waals surface area (Å²) in [7, 11) is 0. The highest BCUT2D eigenvalue weighted by Crippen LogP contribution is 2.29. The molecule has 0 atom stereocenters. The van der Waals surface area contributed by atoms with Crippen molar-refractivity contribution in [3.8, 4) is 0 Å². The maximum Gasteiger partial charge on any atom is 0.417 e. The number of nitrogens with zero attached hydrogens (tertiary/aromatic N) is 5. The molecule has 3 aromatic rings. The summed E-state index contributed by atoms with van der Waals surface area (Å²) >= 11 is 3.35. The Morgan fingerprint density at radius 2 is 1.90 bits per heavy atom. The van der Waals surface area contributed by atoms with Crippen LogP contribution in [0.3, 0.4) is 0 Å². The monoisotopic (exact) mass is 481 g/mol. The van der Waals surface area contributed by atoms with Crippen LogP contribution in [0, 0.1) is 0 Å². The molecular formula is C20H19BrF3N5O. The van der Waals surface area contributed by atoms with Gasteiger partial charge in [0.1, 0.15) is 11.5 Å². The van der Waals surface area contributed by atoms with E-state index in [1.807, 2.05) is 11.0 Å². The molecule has 0 bridgehead atoms. The standard InChI is InChI=1S/C20H19BrF3N5O/c21-15-3-5-18-26-16(10-19(30)29(18)12-15)13-27-6-1-7-28(9-8-27)17-4-2-14(11-25-17)20(22,23)24/h2-5,10-12H,1,6-9,13H2. The second kappa shape index (κ2) is 8.35. The van der Waals surface area contributed by atoms with E-state index in [2.05, 4.69) is 30.8 Å². The van der Waals surface area contributed by atoms with Gasteiger partial charge < -0.3 is 4.90 Å². The van der Waals surface area contributed by atoms with Crippen molar-refractivity contribution >= 4 is 27.4 Å². The Morgan fingerprint density at radius 3 is 2.63 bits per heavy atom. The van der Waals surface area contributed by atoms with Crippen LogP contribution in [0.15, 0.2) is 52.0 Å². The number of rotatable bonds is 3. The molecule has 1 aliphatic heterocycles. The van der Waals surface area contributed by atoms with E-state index in [-0.39, 0.29) is 5.56 Å². The largest absolute Gasteiger partial charge is 0.417 e. The Balaban J connectivity index is 1.44. The first-order valence-electron chi connectivity index (χ1n) is 9.48. The number of hydrogen-bond donors (Lipinski definition) is 0. The van der Waals surface area contributed by atoms with Gasteiger partial charge in [-0.25, -0.2) is 9.97 Å². The molecule has 0 amide bonds. The SMILES string of the molecule is O=c1cc(CN2CCCN(c3ccc(C(F)(F)F)cn3)CC2)nc2ccc(Br)cn12. The first kappa shape index (κ1) is 20.8. The molecule has 4 heterocycles. The summed E-state index contributed by atoms with van der Waals surface area (Å²) in [5, 5.41) is 0. The number of aromatic nitrogens is 3. The number of anilines is 1. The topological polar surface area (TPSA) is 53.7 Å². The number of halogens is 4. The summed E-state index contributed by atoms with van der Waals surface area (Å²) in [6.07, 6.45) is -0.983. The van der Waals surface area contributed by atoms with Crippen LogP contribution < -0.4 is 10.5 Å². The van der Waals surface area contributed by atoms with Crippen molar-refractivity contribution in [2.75, 3.05) is 31.1 Å². The van der Waals surface area contributed by atoms with Gasteiger partial charge in [0.2, 0.25) is 0 Å². The third-order valence-electron chi connectivity index (χ3n) is 5.05. The van der Waals surface area contributed by atoms with E-state index < -0.39 is 11.7 Å². The van der Waals surface area contributed by atoms with Crippen LogP contribution in [0.25, 0.3) is 5.65 Å². The van der Waals surface area contributed by atoms with E-state index in [9.17, 15) is 18.0 Å². The Hall–Kier alpha value is -2.46. The summed E-state index contributed by atoms with van der Waals surface area (Å²) in [4.78, 5) is 25.1. The number of alkyl halides is 3. The molecule has 6 nitrogen and oxygen atoms in total. The molecule has 158 valence electrons. The van der Waals surface area contributed by atoms with Gasteiger partial charge in [-0.15, -0.1) is 0 Å². The molecule has 1 aliphatic rings. The van der Waals surface area contributed by atoms with Crippen LogP contribution in [0.5, 0.6) is 0 Å². The van der Waals surface area contributed by atoms with Crippen LogP contribution in [-0.2, 0) is 12.7 Å². The van der Waals surface area contributed by atoms with E-state index in [1.54, 1.807) is 18.3 Å². The fraction of sp³-hybridized carbons (Fsp3) is 0.350. The zero-order valence-corrected chi connectivity index (χ0v) is 17.5. The number of pyridine rings is 2. The summed E-state index contributed by atoms with van der Waals surface area (Å²) in [6, 6.07) is 7.65. The Kier molecular flexibility index (Phi) is 5.79.